The molecule has 0 aromatic rings. The summed E-state index contributed by atoms with van der Waals surface area (Å²) in [5, 5.41) is 33.8. The van der Waals surface area contributed by atoms with E-state index >= 15 is 0 Å². The molecule has 0 aromatic heterocycles. The molecule has 4 aliphatic carbocycles. The van der Waals surface area contributed by atoms with Gasteiger partial charge in [0.15, 0.2) is 0 Å². The minimum absolute atomic E-state index is 0. The molecule has 8 bridgehead atoms. The molecule has 9 aliphatic rings. The quantitative estimate of drug-likeness (QED) is 0.0757. The molecule has 9 rings (SSSR count). The molecule has 5 saturated heterocycles. The zero-order valence-electron chi connectivity index (χ0n) is 38.2. The third kappa shape index (κ3) is 12.6. The Hall–Kier alpha value is 2.75. The van der Waals surface area contributed by atoms with Crippen LogP contribution < -0.4 is 145 Å². The van der Waals surface area contributed by atoms with Crippen LogP contribution in [0.25, 0.3) is 0 Å². The van der Waals surface area contributed by atoms with Crippen LogP contribution in [0.3, 0.4) is 0 Å². The SMILES string of the molecule is C1CCC2C3NC(NC4NC(NC5NC(NC6NC(N3)C3CCCCC63)C3CCCCC53)C3CCCCC43)C2C1.COCCOCCOCCOCCOC.[H-].[H-].[K+].[K+]. The van der Waals surface area contributed by atoms with E-state index in [9.17, 15) is 0 Å². The van der Waals surface area contributed by atoms with Crippen LogP contribution >= 0.6 is 0 Å². The van der Waals surface area contributed by atoms with E-state index in [1.165, 1.54) is 103 Å². The fourth-order valence-corrected chi connectivity index (χ4v) is 12.8. The van der Waals surface area contributed by atoms with Crippen LogP contribution in [0.1, 0.15) is 106 Å². The summed E-state index contributed by atoms with van der Waals surface area (Å²) in [6, 6.07) is 0. The van der Waals surface area contributed by atoms with Crippen molar-refractivity contribution in [1.29, 1.82) is 0 Å². The number of rotatable bonds is 12. The van der Waals surface area contributed by atoms with Gasteiger partial charge in [-0.25, -0.2) is 0 Å². The fraction of sp³-hybridized carbons (Fsp3) is 1.00. The summed E-state index contributed by atoms with van der Waals surface area (Å²) in [4.78, 5) is 0. The monoisotopic (exact) mass is 855 g/mol. The van der Waals surface area contributed by atoms with Crippen LogP contribution in [0.4, 0.5) is 0 Å². The van der Waals surface area contributed by atoms with Gasteiger partial charge in [0.25, 0.3) is 0 Å². The second kappa shape index (κ2) is 25.4. The van der Waals surface area contributed by atoms with Crippen molar-refractivity contribution in [2.45, 2.75) is 152 Å². The molecule has 0 radical (unpaired) electrons. The molecule has 8 N–H and O–H groups in total. The Balaban J connectivity index is 0.000000353. The van der Waals surface area contributed by atoms with Crippen LogP contribution in [0, 0.1) is 47.3 Å². The Morgan fingerprint density at radius 3 is 0.614 bits per heavy atom. The first-order chi connectivity index (χ1) is 27.2. The van der Waals surface area contributed by atoms with Gasteiger partial charge in [-0.15, -0.1) is 0 Å². The van der Waals surface area contributed by atoms with E-state index in [0.29, 0.717) is 102 Å². The Morgan fingerprint density at radius 1 is 0.298 bits per heavy atom. The maximum absolute atomic E-state index is 5.26. The van der Waals surface area contributed by atoms with Crippen LogP contribution in [0.5, 0.6) is 0 Å². The van der Waals surface area contributed by atoms with Gasteiger partial charge in [-0.05, 0) is 98.7 Å². The fourth-order valence-electron chi connectivity index (χ4n) is 12.8. The number of hydrogen-bond acceptors (Lipinski definition) is 13. The number of methoxy groups -OCH3 is 2. The molecule has 4 saturated carbocycles. The summed E-state index contributed by atoms with van der Waals surface area (Å²) in [6.45, 7) is 4.87. The number of ether oxygens (including phenoxy) is 5. The van der Waals surface area contributed by atoms with Gasteiger partial charge in [0, 0.05) is 14.2 Å². The zero-order chi connectivity index (χ0) is 37.4. The first-order valence-corrected chi connectivity index (χ1v) is 23.0. The van der Waals surface area contributed by atoms with Gasteiger partial charge < -0.3 is 26.5 Å². The van der Waals surface area contributed by atoms with E-state index in [1.54, 1.807) is 14.2 Å². The summed E-state index contributed by atoms with van der Waals surface area (Å²) >= 11 is 0. The molecule has 0 amide bonds. The summed E-state index contributed by atoms with van der Waals surface area (Å²) in [5.74, 6) is 5.97. The number of nitrogens with one attached hydrogen (secondary N) is 8. The van der Waals surface area contributed by atoms with Crippen molar-refractivity contribution < 1.29 is 129 Å². The first-order valence-electron chi connectivity index (χ1n) is 23.0. The van der Waals surface area contributed by atoms with E-state index in [0.717, 1.165) is 47.3 Å². The summed E-state index contributed by atoms with van der Waals surface area (Å²) < 4.78 is 25.3. The van der Waals surface area contributed by atoms with Crippen molar-refractivity contribution in [3.05, 3.63) is 0 Å². The van der Waals surface area contributed by atoms with Crippen LogP contribution in [0.2, 0.25) is 0 Å². The topological polar surface area (TPSA) is 142 Å². The molecule has 15 heteroatoms. The van der Waals surface area contributed by atoms with E-state index in [1.807, 2.05) is 0 Å². The van der Waals surface area contributed by atoms with Crippen LogP contribution in [-0.2, 0) is 23.7 Å². The Morgan fingerprint density at radius 2 is 0.456 bits per heavy atom. The van der Waals surface area contributed by atoms with Crippen molar-refractivity contribution in [2.75, 3.05) is 67.1 Å². The minimum Gasteiger partial charge on any atom is -1.00 e. The third-order valence-electron chi connectivity index (χ3n) is 15.4. The van der Waals surface area contributed by atoms with Crippen molar-refractivity contribution in [3.8, 4) is 0 Å². The van der Waals surface area contributed by atoms with Gasteiger partial charge in [-0.1, -0.05) is 51.4 Å². The Labute approximate surface area is 432 Å². The van der Waals surface area contributed by atoms with Crippen LogP contribution in [-0.4, -0.2) is 116 Å². The summed E-state index contributed by atoms with van der Waals surface area (Å²) in [6.07, 6.45) is 25.6. The molecule has 5 aliphatic heterocycles. The Kier molecular flexibility index (Phi) is 22.0. The van der Waals surface area contributed by atoms with Gasteiger partial charge in [-0.2, -0.15) is 0 Å². The van der Waals surface area contributed by atoms with Crippen LogP contribution in [0.15, 0.2) is 0 Å². The minimum atomic E-state index is 0. The number of fused-ring (bicyclic) bond motifs is 20. The second-order valence-corrected chi connectivity index (χ2v) is 18.4. The Bertz CT molecular complexity index is 951. The first kappa shape index (κ1) is 49.2. The predicted molar refractivity (Wildman–Crippen MR) is 216 cm³/mol. The average Bonchev–Trinajstić information content (AvgIpc) is 3.96. The standard InChI is InChI=1S/C32H56N8.C10H22O5.2K.2H/c1-2-10-18-17(9-1)25-33-26(18)38-28-21-13-5-6-14-22(21)30(35-28)40-32-24-16-8-7-15-23(24)31(36-32)39-29-20-12-4-3-11-19(20)27(34-29)37-25;1-11-3-5-13-7-9-15-10-8-14-6-4-12-2;;;;/h17-40H,1-16H2;3-10H2,1-2H3;;;;/q;;2*+1;2*-1. The third-order valence-corrected chi connectivity index (χ3v) is 15.4. The smallest absolute Gasteiger partial charge is 1.00 e. The van der Waals surface area contributed by atoms with Crippen molar-refractivity contribution in [3.63, 3.8) is 0 Å². The largest absolute Gasteiger partial charge is 1.00 e. The maximum atomic E-state index is 5.26. The van der Waals surface area contributed by atoms with Gasteiger partial charge in [0.05, 0.1) is 102 Å². The molecule has 5 heterocycles. The van der Waals surface area contributed by atoms with Gasteiger partial charge >= 0.3 is 103 Å². The van der Waals surface area contributed by atoms with Gasteiger partial charge in [0.2, 0.25) is 0 Å². The molecule has 9 fully saturated rings. The molecule has 0 aromatic carbocycles. The molecular formula is C42H80K2N8O5. The molecule has 8 atom stereocenters. The van der Waals surface area contributed by atoms with Gasteiger partial charge in [0.1, 0.15) is 0 Å². The molecule has 57 heavy (non-hydrogen) atoms. The number of hydrogen-bond donors (Lipinski definition) is 8. The molecule has 8 unspecified atom stereocenters. The summed E-state index contributed by atoms with van der Waals surface area (Å²) in [7, 11) is 3.30. The van der Waals surface area contributed by atoms with Crippen molar-refractivity contribution >= 4 is 0 Å². The van der Waals surface area contributed by atoms with E-state index in [2.05, 4.69) is 42.5 Å². The van der Waals surface area contributed by atoms with Crippen molar-refractivity contribution in [2.24, 2.45) is 47.3 Å². The zero-order valence-corrected chi connectivity index (χ0v) is 42.5. The second-order valence-electron chi connectivity index (χ2n) is 18.4. The van der Waals surface area contributed by atoms with E-state index in [4.69, 9.17) is 23.7 Å². The molecule has 13 nitrogen and oxygen atoms in total. The van der Waals surface area contributed by atoms with E-state index < -0.39 is 0 Å². The predicted octanol–water partition coefficient (Wildman–Crippen LogP) is -2.83. The molecular weight excluding hydrogens is 775 g/mol. The summed E-state index contributed by atoms with van der Waals surface area (Å²) in [5.41, 5.74) is 0. The molecule has 320 valence electrons. The van der Waals surface area contributed by atoms with Gasteiger partial charge in [-0.3, -0.25) is 42.5 Å². The van der Waals surface area contributed by atoms with Crippen molar-refractivity contribution in [1.82, 2.24) is 42.5 Å². The molecule has 0 spiro atoms. The van der Waals surface area contributed by atoms with E-state index in [-0.39, 0.29) is 106 Å². The maximum Gasteiger partial charge on any atom is 1.00 e. The normalized spacial score (nSPS) is 43.3. The average molecular weight is 855 g/mol.